The van der Waals surface area contributed by atoms with Crippen LogP contribution in [0.2, 0.25) is 0 Å². The molecule has 29 heavy (non-hydrogen) atoms. The van der Waals surface area contributed by atoms with Crippen LogP contribution < -0.4 is 0 Å². The molecule has 3 N–H and O–H groups in total. The Bertz CT molecular complexity index is 466. The van der Waals surface area contributed by atoms with E-state index in [0.717, 1.165) is 31.2 Å². The summed E-state index contributed by atoms with van der Waals surface area (Å²) in [5, 5.41) is 33.1. The smallest absolute Gasteiger partial charge is 0.120 e. The SMILES string of the molecule is CCCCCCCCC(O)C(O)(Cc1ccccc1)C(O)CCCCCCCC. The van der Waals surface area contributed by atoms with Crippen LogP contribution in [-0.4, -0.2) is 33.1 Å². The summed E-state index contributed by atoms with van der Waals surface area (Å²) in [7, 11) is 0. The molecular formula is C26H46O3. The van der Waals surface area contributed by atoms with Gasteiger partial charge in [0.1, 0.15) is 5.60 Å². The van der Waals surface area contributed by atoms with Gasteiger partial charge in [-0.2, -0.15) is 0 Å². The van der Waals surface area contributed by atoms with Gasteiger partial charge in [0.2, 0.25) is 0 Å². The monoisotopic (exact) mass is 406 g/mol. The molecule has 0 amide bonds. The molecule has 1 aromatic carbocycles. The van der Waals surface area contributed by atoms with Crippen molar-refractivity contribution in [3.8, 4) is 0 Å². The summed E-state index contributed by atoms with van der Waals surface area (Å²) < 4.78 is 0. The van der Waals surface area contributed by atoms with Crippen molar-refractivity contribution in [1.29, 1.82) is 0 Å². The highest BCUT2D eigenvalue weighted by Crippen LogP contribution is 2.28. The number of benzene rings is 1. The lowest BCUT2D eigenvalue weighted by Crippen LogP contribution is -2.54. The standard InChI is InChI=1S/C26H46O3/c1-3-5-7-9-11-16-20-24(27)26(29,22-23-18-14-13-15-19-23)25(28)21-17-12-10-8-6-4-2/h13-15,18-19,24-25,27-29H,3-12,16-17,20-22H2,1-2H3. The van der Waals surface area contributed by atoms with Gasteiger partial charge in [-0.1, -0.05) is 121 Å². The average Bonchev–Trinajstić information content (AvgIpc) is 2.73. The van der Waals surface area contributed by atoms with E-state index < -0.39 is 17.8 Å². The predicted molar refractivity (Wildman–Crippen MR) is 123 cm³/mol. The first-order chi connectivity index (χ1) is 14.0. The van der Waals surface area contributed by atoms with Gasteiger partial charge in [-0.15, -0.1) is 0 Å². The number of hydrogen-bond donors (Lipinski definition) is 3. The van der Waals surface area contributed by atoms with Gasteiger partial charge in [0, 0.05) is 6.42 Å². The molecule has 0 saturated carbocycles. The summed E-state index contributed by atoms with van der Waals surface area (Å²) in [6, 6.07) is 9.74. The molecule has 3 nitrogen and oxygen atoms in total. The van der Waals surface area contributed by atoms with Crippen LogP contribution in [0.4, 0.5) is 0 Å². The zero-order valence-electron chi connectivity index (χ0n) is 19.0. The molecular weight excluding hydrogens is 360 g/mol. The van der Waals surface area contributed by atoms with Crippen molar-refractivity contribution in [2.45, 2.75) is 128 Å². The molecule has 0 saturated heterocycles. The second kappa shape index (κ2) is 15.9. The predicted octanol–water partition coefficient (Wildman–Crippen LogP) is 6.18. The molecule has 2 unspecified atom stereocenters. The van der Waals surface area contributed by atoms with Gasteiger partial charge < -0.3 is 15.3 Å². The summed E-state index contributed by atoms with van der Waals surface area (Å²) >= 11 is 0. The molecule has 2 atom stereocenters. The molecule has 0 aliphatic heterocycles. The zero-order chi connectivity index (χ0) is 21.4. The van der Waals surface area contributed by atoms with Gasteiger partial charge in [-0.3, -0.25) is 0 Å². The van der Waals surface area contributed by atoms with Crippen molar-refractivity contribution in [2.75, 3.05) is 0 Å². The fourth-order valence-electron chi connectivity index (χ4n) is 4.12. The Labute approximate surface area is 179 Å². The van der Waals surface area contributed by atoms with Crippen LogP contribution in [0.1, 0.15) is 109 Å². The van der Waals surface area contributed by atoms with E-state index in [1.807, 2.05) is 30.3 Å². The van der Waals surface area contributed by atoms with Crippen molar-refractivity contribution < 1.29 is 15.3 Å². The molecule has 0 bridgehead atoms. The third-order valence-corrected chi connectivity index (χ3v) is 6.15. The Morgan fingerprint density at radius 2 is 1.07 bits per heavy atom. The lowest BCUT2D eigenvalue weighted by Gasteiger charge is -2.38. The summed E-state index contributed by atoms with van der Waals surface area (Å²) in [6.07, 6.45) is 13.3. The van der Waals surface area contributed by atoms with Crippen LogP contribution in [0.5, 0.6) is 0 Å². The topological polar surface area (TPSA) is 60.7 Å². The molecule has 1 rings (SSSR count). The lowest BCUT2D eigenvalue weighted by atomic mass is 9.80. The van der Waals surface area contributed by atoms with E-state index in [-0.39, 0.29) is 0 Å². The lowest BCUT2D eigenvalue weighted by molar-refractivity contribution is -0.150. The maximum atomic E-state index is 11.4. The van der Waals surface area contributed by atoms with E-state index in [4.69, 9.17) is 0 Å². The molecule has 0 aliphatic carbocycles. The molecule has 0 fully saturated rings. The Morgan fingerprint density at radius 1 is 0.655 bits per heavy atom. The first kappa shape index (κ1) is 26.1. The van der Waals surface area contributed by atoms with E-state index in [1.54, 1.807) is 0 Å². The number of rotatable bonds is 18. The number of unbranched alkanes of at least 4 members (excludes halogenated alkanes) is 10. The summed E-state index contributed by atoms with van der Waals surface area (Å²) in [4.78, 5) is 0. The zero-order valence-corrected chi connectivity index (χ0v) is 19.0. The minimum absolute atomic E-state index is 0.293. The molecule has 0 heterocycles. The van der Waals surface area contributed by atoms with E-state index in [1.165, 1.54) is 51.4 Å². The Kier molecular flexibility index (Phi) is 14.3. The van der Waals surface area contributed by atoms with Crippen molar-refractivity contribution in [3.63, 3.8) is 0 Å². The van der Waals surface area contributed by atoms with E-state index in [0.29, 0.717) is 19.3 Å². The first-order valence-electron chi connectivity index (χ1n) is 12.2. The van der Waals surface area contributed by atoms with E-state index >= 15 is 0 Å². The third-order valence-electron chi connectivity index (χ3n) is 6.15. The van der Waals surface area contributed by atoms with Crippen LogP contribution in [0.15, 0.2) is 30.3 Å². The van der Waals surface area contributed by atoms with Gasteiger partial charge in [0.15, 0.2) is 0 Å². The summed E-state index contributed by atoms with van der Waals surface area (Å²) in [5.41, 5.74) is -0.521. The van der Waals surface area contributed by atoms with Gasteiger partial charge in [-0.25, -0.2) is 0 Å². The van der Waals surface area contributed by atoms with Crippen LogP contribution in [0, 0.1) is 0 Å². The fourth-order valence-corrected chi connectivity index (χ4v) is 4.12. The second-order valence-corrected chi connectivity index (χ2v) is 8.80. The molecule has 0 aliphatic rings. The van der Waals surface area contributed by atoms with Crippen molar-refractivity contribution in [2.24, 2.45) is 0 Å². The molecule has 0 radical (unpaired) electrons. The van der Waals surface area contributed by atoms with Gasteiger partial charge in [0.05, 0.1) is 12.2 Å². The molecule has 3 heteroatoms. The highest BCUT2D eigenvalue weighted by Gasteiger charge is 2.42. The maximum absolute atomic E-state index is 11.4. The average molecular weight is 407 g/mol. The highest BCUT2D eigenvalue weighted by molar-refractivity contribution is 5.18. The Morgan fingerprint density at radius 3 is 1.52 bits per heavy atom. The Balaban J connectivity index is 2.59. The Hall–Kier alpha value is -0.900. The largest absolute Gasteiger partial charge is 0.390 e. The van der Waals surface area contributed by atoms with Gasteiger partial charge >= 0.3 is 0 Å². The quantitative estimate of drug-likeness (QED) is 0.255. The third kappa shape index (κ3) is 10.6. The minimum atomic E-state index is -1.48. The number of aliphatic hydroxyl groups is 3. The molecule has 0 spiro atoms. The fraction of sp³-hybridized carbons (Fsp3) is 0.769. The number of hydrogen-bond acceptors (Lipinski definition) is 3. The number of aliphatic hydroxyl groups excluding tert-OH is 2. The summed E-state index contributed by atoms with van der Waals surface area (Å²) in [6.45, 7) is 4.41. The van der Waals surface area contributed by atoms with Crippen molar-refractivity contribution >= 4 is 0 Å². The maximum Gasteiger partial charge on any atom is 0.120 e. The van der Waals surface area contributed by atoms with Gasteiger partial charge in [0.25, 0.3) is 0 Å². The van der Waals surface area contributed by atoms with E-state index in [2.05, 4.69) is 13.8 Å². The van der Waals surface area contributed by atoms with Crippen molar-refractivity contribution in [3.05, 3.63) is 35.9 Å². The van der Waals surface area contributed by atoms with Crippen LogP contribution in [-0.2, 0) is 6.42 Å². The van der Waals surface area contributed by atoms with Crippen LogP contribution in [0.25, 0.3) is 0 Å². The van der Waals surface area contributed by atoms with Gasteiger partial charge in [-0.05, 0) is 18.4 Å². The highest BCUT2D eigenvalue weighted by atomic mass is 16.4. The van der Waals surface area contributed by atoms with Crippen molar-refractivity contribution in [1.82, 2.24) is 0 Å². The second-order valence-electron chi connectivity index (χ2n) is 8.80. The first-order valence-corrected chi connectivity index (χ1v) is 12.2. The normalized spacial score (nSPS) is 15.8. The molecule has 1 aromatic rings. The minimum Gasteiger partial charge on any atom is -0.390 e. The van der Waals surface area contributed by atoms with Crippen LogP contribution >= 0.6 is 0 Å². The molecule has 168 valence electrons. The molecule has 0 aromatic heterocycles. The van der Waals surface area contributed by atoms with Crippen LogP contribution in [0.3, 0.4) is 0 Å². The summed E-state index contributed by atoms with van der Waals surface area (Å²) in [5.74, 6) is 0. The van der Waals surface area contributed by atoms with E-state index in [9.17, 15) is 15.3 Å².